The zero-order valence-corrected chi connectivity index (χ0v) is 18.4. The number of nitrogens with zero attached hydrogens (tertiary/aromatic N) is 4. The molecule has 0 radical (unpaired) electrons. The minimum absolute atomic E-state index is 0.0725. The Kier molecular flexibility index (Phi) is 8.46. The van der Waals surface area contributed by atoms with Crippen molar-refractivity contribution in [2.24, 2.45) is 5.73 Å². The number of unbranched alkanes of at least 4 members (excludes halogenated alkanes) is 1. The van der Waals surface area contributed by atoms with Crippen molar-refractivity contribution >= 4 is 11.8 Å². The number of rotatable bonds is 10. The summed E-state index contributed by atoms with van der Waals surface area (Å²) >= 11 is 0. The molecule has 1 aliphatic rings. The first-order chi connectivity index (χ1) is 15.4. The Morgan fingerprint density at radius 2 is 2.03 bits per heavy atom. The Morgan fingerprint density at radius 1 is 1.28 bits per heavy atom. The van der Waals surface area contributed by atoms with Gasteiger partial charge in [0.05, 0.1) is 5.69 Å². The number of likely N-dealkylation sites (tertiary alicyclic amines) is 1. The average Bonchev–Trinajstić information content (AvgIpc) is 3.27. The summed E-state index contributed by atoms with van der Waals surface area (Å²) in [6, 6.07) is 3.76. The van der Waals surface area contributed by atoms with E-state index in [0.717, 1.165) is 25.2 Å². The van der Waals surface area contributed by atoms with Crippen LogP contribution in [0.4, 0.5) is 0 Å². The molecule has 0 spiro atoms. The average molecular weight is 445 g/mol. The molecule has 1 saturated heterocycles. The smallest absolute Gasteiger partial charge is 0.348 e. The Labute approximate surface area is 187 Å². The summed E-state index contributed by atoms with van der Waals surface area (Å²) in [5, 5.41) is 26.8. The lowest BCUT2D eigenvalue weighted by molar-refractivity contribution is -0.793. The highest BCUT2D eigenvalue weighted by Gasteiger charge is 2.34. The number of carbonyl (C=O) groups is 2. The molecule has 2 aromatic heterocycles. The van der Waals surface area contributed by atoms with Crippen LogP contribution in [0.3, 0.4) is 0 Å². The Balaban J connectivity index is 1.82. The lowest BCUT2D eigenvalue weighted by atomic mass is 10.0. The van der Waals surface area contributed by atoms with Crippen LogP contribution in [0.5, 0.6) is 0 Å². The van der Waals surface area contributed by atoms with Gasteiger partial charge >= 0.3 is 5.91 Å². The minimum atomic E-state index is -1.71. The van der Waals surface area contributed by atoms with Gasteiger partial charge in [-0.2, -0.15) is 5.10 Å². The van der Waals surface area contributed by atoms with Gasteiger partial charge in [-0.15, -0.1) is 0 Å². The summed E-state index contributed by atoms with van der Waals surface area (Å²) < 4.78 is 1.49. The standard InChI is InChI=1S/C22H32N6O4/c1-2-3-9-18(19(29)20(23)30)28(32)22(31)17-8-7-11-24-21(17)27-14-10-16(25-27)15-26-12-5-4-6-13-26/h7-8,10-11,14,18-19,28-29H,2-6,9,12-13,15H2,1H3,(H2,23,30). The van der Waals surface area contributed by atoms with Gasteiger partial charge < -0.3 is 16.0 Å². The first kappa shape index (κ1) is 24.0. The number of hydrogen-bond acceptors (Lipinski definition) is 7. The number of hydroxylamine groups is 2. The number of nitrogens with one attached hydrogen (secondary N) is 1. The number of primary amides is 1. The van der Waals surface area contributed by atoms with E-state index < -0.39 is 29.0 Å². The van der Waals surface area contributed by atoms with Crippen LogP contribution in [0.25, 0.3) is 5.82 Å². The molecule has 2 aromatic rings. The summed E-state index contributed by atoms with van der Waals surface area (Å²) in [5.41, 5.74) is 6.13. The van der Waals surface area contributed by atoms with Crippen molar-refractivity contribution in [1.29, 1.82) is 0 Å². The first-order valence-electron chi connectivity index (χ1n) is 11.2. The summed E-state index contributed by atoms with van der Waals surface area (Å²) in [7, 11) is 0. The molecule has 0 aliphatic carbocycles. The number of aliphatic hydroxyl groups is 1. The molecule has 2 amide bonds. The molecule has 1 fully saturated rings. The number of quaternary nitrogens is 1. The Bertz CT molecular complexity index is 911. The highest BCUT2D eigenvalue weighted by atomic mass is 16.5. The Morgan fingerprint density at radius 3 is 2.72 bits per heavy atom. The highest BCUT2D eigenvalue weighted by molar-refractivity contribution is 5.91. The minimum Gasteiger partial charge on any atom is -0.626 e. The Hall–Kier alpha value is -2.66. The third kappa shape index (κ3) is 5.77. The first-order valence-corrected chi connectivity index (χ1v) is 11.2. The molecule has 10 nitrogen and oxygen atoms in total. The van der Waals surface area contributed by atoms with E-state index in [9.17, 15) is 19.9 Å². The molecule has 0 aromatic carbocycles. The van der Waals surface area contributed by atoms with E-state index in [2.05, 4.69) is 15.0 Å². The molecule has 10 heteroatoms. The van der Waals surface area contributed by atoms with E-state index in [-0.39, 0.29) is 17.8 Å². The number of pyridine rings is 1. The molecule has 174 valence electrons. The summed E-state index contributed by atoms with van der Waals surface area (Å²) in [4.78, 5) is 31.2. The van der Waals surface area contributed by atoms with Gasteiger partial charge in [0.1, 0.15) is 11.6 Å². The second-order valence-electron chi connectivity index (χ2n) is 8.25. The molecule has 3 unspecified atom stereocenters. The summed E-state index contributed by atoms with van der Waals surface area (Å²) in [5.74, 6) is -1.60. The largest absolute Gasteiger partial charge is 0.626 e. The fourth-order valence-electron chi connectivity index (χ4n) is 4.02. The molecule has 3 atom stereocenters. The van der Waals surface area contributed by atoms with Crippen LogP contribution in [0, 0.1) is 5.21 Å². The van der Waals surface area contributed by atoms with Crippen molar-refractivity contribution < 1.29 is 19.8 Å². The molecule has 4 N–H and O–H groups in total. The zero-order valence-electron chi connectivity index (χ0n) is 18.4. The molecular formula is C22H32N6O4. The van der Waals surface area contributed by atoms with E-state index in [1.54, 1.807) is 12.3 Å². The van der Waals surface area contributed by atoms with Crippen molar-refractivity contribution in [3.8, 4) is 5.82 Å². The van der Waals surface area contributed by atoms with Gasteiger partial charge in [-0.3, -0.25) is 14.8 Å². The number of hydrogen-bond donors (Lipinski definition) is 3. The fourth-order valence-corrected chi connectivity index (χ4v) is 4.02. The van der Waals surface area contributed by atoms with Crippen LogP contribution >= 0.6 is 0 Å². The van der Waals surface area contributed by atoms with Crippen LogP contribution in [0.1, 0.15) is 61.5 Å². The molecule has 0 saturated carbocycles. The molecule has 32 heavy (non-hydrogen) atoms. The van der Waals surface area contributed by atoms with E-state index in [1.807, 2.05) is 13.0 Å². The molecule has 0 bridgehead atoms. The third-order valence-electron chi connectivity index (χ3n) is 5.83. The van der Waals surface area contributed by atoms with Gasteiger partial charge in [0.25, 0.3) is 5.91 Å². The second kappa shape index (κ2) is 11.3. The maximum absolute atomic E-state index is 13.1. The SMILES string of the molecule is CCCCC(C(O)C(N)=O)[NH+]([O-])C(=O)c1cccnc1-n1ccc(CN2CCCCC2)n1. The van der Waals surface area contributed by atoms with Gasteiger partial charge in [-0.1, -0.05) is 19.8 Å². The van der Waals surface area contributed by atoms with E-state index in [4.69, 9.17) is 5.73 Å². The van der Waals surface area contributed by atoms with E-state index in [1.165, 1.54) is 36.2 Å². The van der Waals surface area contributed by atoms with Gasteiger partial charge in [-0.05, 0) is 50.6 Å². The number of nitrogens with two attached hydrogens (primary N) is 1. The monoisotopic (exact) mass is 444 g/mol. The van der Waals surface area contributed by atoms with Crippen LogP contribution in [0.15, 0.2) is 30.6 Å². The van der Waals surface area contributed by atoms with Crippen molar-refractivity contribution in [2.45, 2.75) is 64.1 Å². The topological polar surface area (TPSA) is 142 Å². The van der Waals surface area contributed by atoms with Gasteiger partial charge in [0.15, 0.2) is 11.9 Å². The van der Waals surface area contributed by atoms with Gasteiger partial charge in [0, 0.05) is 25.4 Å². The maximum atomic E-state index is 13.1. The van der Waals surface area contributed by atoms with Crippen LogP contribution in [-0.2, 0) is 11.3 Å². The number of aliphatic hydroxyl groups excluding tert-OH is 1. The van der Waals surface area contributed by atoms with E-state index >= 15 is 0 Å². The van der Waals surface area contributed by atoms with Crippen molar-refractivity contribution in [3.63, 3.8) is 0 Å². The normalized spacial score (nSPS) is 17.6. The molecule has 1 aliphatic heterocycles. The third-order valence-corrected chi connectivity index (χ3v) is 5.83. The van der Waals surface area contributed by atoms with Gasteiger partial charge in [0.2, 0.25) is 0 Å². The lowest BCUT2D eigenvalue weighted by Gasteiger charge is -2.31. The number of aromatic nitrogens is 3. The van der Waals surface area contributed by atoms with Crippen molar-refractivity contribution in [3.05, 3.63) is 47.1 Å². The molecule has 3 heterocycles. The van der Waals surface area contributed by atoms with Crippen LogP contribution in [0.2, 0.25) is 0 Å². The van der Waals surface area contributed by atoms with Crippen LogP contribution in [-0.4, -0.2) is 61.8 Å². The quantitative estimate of drug-likeness (QED) is 0.444. The van der Waals surface area contributed by atoms with E-state index in [0.29, 0.717) is 13.0 Å². The summed E-state index contributed by atoms with van der Waals surface area (Å²) in [6.07, 6.45) is 6.66. The van der Waals surface area contributed by atoms with Crippen molar-refractivity contribution in [1.82, 2.24) is 19.7 Å². The highest BCUT2D eigenvalue weighted by Crippen LogP contribution is 2.15. The number of piperidine rings is 1. The van der Waals surface area contributed by atoms with Crippen LogP contribution < -0.4 is 10.8 Å². The number of amides is 2. The van der Waals surface area contributed by atoms with Gasteiger partial charge in [-0.25, -0.2) is 14.5 Å². The second-order valence-corrected chi connectivity index (χ2v) is 8.25. The zero-order chi connectivity index (χ0) is 23.1. The number of carbonyl (C=O) groups excluding carboxylic acids is 2. The maximum Gasteiger partial charge on any atom is 0.348 e. The fraction of sp³-hybridized carbons (Fsp3) is 0.545. The summed E-state index contributed by atoms with van der Waals surface area (Å²) in [6.45, 7) is 4.70. The van der Waals surface area contributed by atoms with Crippen molar-refractivity contribution in [2.75, 3.05) is 13.1 Å². The predicted molar refractivity (Wildman–Crippen MR) is 118 cm³/mol. The molecule has 3 rings (SSSR count). The lowest BCUT2D eigenvalue weighted by Crippen LogP contribution is -3.15. The predicted octanol–water partition coefficient (Wildman–Crippen LogP) is 0.181. The molecular weight excluding hydrogens is 412 g/mol.